The van der Waals surface area contributed by atoms with Crippen molar-refractivity contribution in [2.24, 2.45) is 0 Å². The minimum atomic E-state index is -0.447. The first-order valence-electron chi connectivity index (χ1n) is 8.94. The second-order valence-electron chi connectivity index (χ2n) is 6.51. The molecule has 1 aliphatic rings. The van der Waals surface area contributed by atoms with Gasteiger partial charge in [-0.2, -0.15) is 5.26 Å². The monoisotopic (exact) mass is 383 g/mol. The minimum absolute atomic E-state index is 0.113. The van der Waals surface area contributed by atoms with E-state index in [0.29, 0.717) is 29.4 Å². The maximum atomic E-state index is 12.8. The van der Waals surface area contributed by atoms with Gasteiger partial charge in [0.1, 0.15) is 12.3 Å². The van der Waals surface area contributed by atoms with E-state index in [1.165, 1.54) is 4.90 Å². The summed E-state index contributed by atoms with van der Waals surface area (Å²) in [4.78, 5) is 26.5. The second-order valence-corrected chi connectivity index (χ2v) is 6.51. The molecule has 2 aromatic rings. The molecule has 1 aromatic carbocycles. The molecular formula is C19H21N5O4. The van der Waals surface area contributed by atoms with Crippen molar-refractivity contribution in [1.29, 1.82) is 5.26 Å². The molecule has 0 aliphatic carbocycles. The van der Waals surface area contributed by atoms with Gasteiger partial charge in [0.15, 0.2) is 5.82 Å². The summed E-state index contributed by atoms with van der Waals surface area (Å²) < 4.78 is 10.5. The standard InChI is InChI=1S/C19H21N5O4/c1-13-8-17(23-28-13)22-18(25)12-24(11-16-6-3-7-27-16)19(26)21-15-5-2-4-14(9-15)10-20/h2,4-5,8-9,16H,3,6-7,11-12H2,1H3,(H,21,26)(H,22,23,25)/t16-/m0/s1. The van der Waals surface area contributed by atoms with Crippen molar-refractivity contribution in [3.05, 3.63) is 41.7 Å². The summed E-state index contributed by atoms with van der Waals surface area (Å²) in [5, 5.41) is 18.1. The molecule has 0 unspecified atom stereocenters. The van der Waals surface area contributed by atoms with Crippen LogP contribution in [-0.2, 0) is 9.53 Å². The van der Waals surface area contributed by atoms with Crippen LogP contribution in [0, 0.1) is 18.3 Å². The number of nitrogens with zero attached hydrogens (tertiary/aromatic N) is 3. The molecule has 2 N–H and O–H groups in total. The molecule has 2 heterocycles. The number of rotatable bonds is 6. The third-order valence-electron chi connectivity index (χ3n) is 4.21. The number of nitriles is 1. The minimum Gasteiger partial charge on any atom is -0.376 e. The van der Waals surface area contributed by atoms with Crippen LogP contribution in [-0.4, -0.2) is 47.8 Å². The zero-order valence-electron chi connectivity index (χ0n) is 15.5. The van der Waals surface area contributed by atoms with E-state index < -0.39 is 11.9 Å². The fraction of sp³-hybridized carbons (Fsp3) is 0.368. The lowest BCUT2D eigenvalue weighted by molar-refractivity contribution is -0.117. The predicted octanol–water partition coefficient (Wildman–Crippen LogP) is 2.51. The lowest BCUT2D eigenvalue weighted by Gasteiger charge is -2.25. The summed E-state index contributed by atoms with van der Waals surface area (Å²) in [6.45, 7) is 2.48. The van der Waals surface area contributed by atoms with Gasteiger partial charge >= 0.3 is 6.03 Å². The highest BCUT2D eigenvalue weighted by molar-refractivity contribution is 5.96. The molecule has 0 radical (unpaired) electrons. The normalized spacial score (nSPS) is 15.6. The highest BCUT2D eigenvalue weighted by Crippen LogP contribution is 2.16. The lowest BCUT2D eigenvalue weighted by Crippen LogP contribution is -2.44. The van der Waals surface area contributed by atoms with Gasteiger partial charge in [-0.1, -0.05) is 11.2 Å². The first kappa shape index (κ1) is 19.4. The van der Waals surface area contributed by atoms with Crippen LogP contribution in [0.25, 0.3) is 0 Å². The van der Waals surface area contributed by atoms with Crippen molar-refractivity contribution >= 4 is 23.4 Å². The number of amides is 3. The van der Waals surface area contributed by atoms with Gasteiger partial charge in [0, 0.05) is 24.9 Å². The number of nitrogens with one attached hydrogen (secondary N) is 2. The van der Waals surface area contributed by atoms with E-state index in [2.05, 4.69) is 15.8 Å². The summed E-state index contributed by atoms with van der Waals surface area (Å²) in [5.74, 6) is 0.468. The van der Waals surface area contributed by atoms with Crippen LogP contribution in [0.3, 0.4) is 0 Å². The van der Waals surface area contributed by atoms with Crippen LogP contribution in [0.1, 0.15) is 24.2 Å². The van der Waals surface area contributed by atoms with Crippen LogP contribution in [0.4, 0.5) is 16.3 Å². The topological polar surface area (TPSA) is 120 Å². The summed E-state index contributed by atoms with van der Waals surface area (Å²) >= 11 is 0. The second kappa shape index (κ2) is 9.01. The summed E-state index contributed by atoms with van der Waals surface area (Å²) in [5.41, 5.74) is 0.913. The van der Waals surface area contributed by atoms with E-state index in [0.717, 1.165) is 12.8 Å². The molecule has 28 heavy (non-hydrogen) atoms. The van der Waals surface area contributed by atoms with E-state index in [-0.39, 0.29) is 19.2 Å². The Bertz CT molecular complexity index is 882. The fourth-order valence-electron chi connectivity index (χ4n) is 2.90. The van der Waals surface area contributed by atoms with Crippen molar-refractivity contribution in [3.8, 4) is 6.07 Å². The van der Waals surface area contributed by atoms with Crippen LogP contribution in [0.5, 0.6) is 0 Å². The number of ether oxygens (including phenoxy) is 1. The van der Waals surface area contributed by atoms with Gasteiger partial charge in [0.25, 0.3) is 0 Å². The Morgan fingerprint density at radius 2 is 2.21 bits per heavy atom. The van der Waals surface area contributed by atoms with Gasteiger partial charge in [-0.15, -0.1) is 0 Å². The molecule has 0 spiro atoms. The molecule has 3 amide bonds. The number of benzene rings is 1. The predicted molar refractivity (Wildman–Crippen MR) is 101 cm³/mol. The van der Waals surface area contributed by atoms with Gasteiger partial charge in [0.05, 0.1) is 17.7 Å². The van der Waals surface area contributed by atoms with Crippen molar-refractivity contribution in [2.45, 2.75) is 25.9 Å². The van der Waals surface area contributed by atoms with Crippen molar-refractivity contribution in [2.75, 3.05) is 30.3 Å². The van der Waals surface area contributed by atoms with Crippen LogP contribution in [0.2, 0.25) is 0 Å². The first-order chi connectivity index (χ1) is 13.5. The highest BCUT2D eigenvalue weighted by atomic mass is 16.5. The molecule has 9 nitrogen and oxygen atoms in total. The van der Waals surface area contributed by atoms with Gasteiger partial charge < -0.3 is 24.8 Å². The average Bonchev–Trinajstić information content (AvgIpc) is 3.33. The molecule has 1 aromatic heterocycles. The first-order valence-corrected chi connectivity index (χ1v) is 8.94. The number of hydrogen-bond acceptors (Lipinski definition) is 6. The third-order valence-corrected chi connectivity index (χ3v) is 4.21. The van der Waals surface area contributed by atoms with Crippen molar-refractivity contribution < 1.29 is 18.8 Å². The van der Waals surface area contributed by atoms with E-state index in [1.54, 1.807) is 37.3 Å². The third kappa shape index (κ3) is 5.31. The molecule has 0 saturated carbocycles. The van der Waals surface area contributed by atoms with Gasteiger partial charge in [-0.25, -0.2) is 4.79 Å². The van der Waals surface area contributed by atoms with Gasteiger partial charge in [0.2, 0.25) is 5.91 Å². The van der Waals surface area contributed by atoms with Gasteiger partial charge in [-0.05, 0) is 38.0 Å². The van der Waals surface area contributed by atoms with Crippen molar-refractivity contribution in [1.82, 2.24) is 10.1 Å². The van der Waals surface area contributed by atoms with Gasteiger partial charge in [-0.3, -0.25) is 4.79 Å². The SMILES string of the molecule is Cc1cc(NC(=O)CN(C[C@@H]2CCCO2)C(=O)Nc2cccc(C#N)c2)no1. The lowest BCUT2D eigenvalue weighted by atomic mass is 10.2. The van der Waals surface area contributed by atoms with E-state index in [4.69, 9.17) is 14.5 Å². The number of aryl methyl sites for hydroxylation is 1. The molecule has 1 atom stereocenters. The molecular weight excluding hydrogens is 362 g/mol. The Hall–Kier alpha value is -3.38. The van der Waals surface area contributed by atoms with E-state index in [1.807, 2.05) is 6.07 Å². The molecule has 1 aliphatic heterocycles. The number of carbonyl (C=O) groups is 2. The Morgan fingerprint density at radius 3 is 2.89 bits per heavy atom. The molecule has 0 bridgehead atoms. The quantitative estimate of drug-likeness (QED) is 0.791. The number of aromatic nitrogens is 1. The molecule has 9 heteroatoms. The number of anilines is 2. The van der Waals surface area contributed by atoms with Crippen LogP contribution in [0.15, 0.2) is 34.9 Å². The van der Waals surface area contributed by atoms with Crippen LogP contribution < -0.4 is 10.6 Å². The van der Waals surface area contributed by atoms with Crippen molar-refractivity contribution in [3.63, 3.8) is 0 Å². The van der Waals surface area contributed by atoms with E-state index in [9.17, 15) is 9.59 Å². The maximum absolute atomic E-state index is 12.8. The van der Waals surface area contributed by atoms with Crippen LogP contribution >= 0.6 is 0 Å². The number of hydrogen-bond donors (Lipinski definition) is 2. The number of carbonyl (C=O) groups excluding carboxylic acids is 2. The zero-order valence-corrected chi connectivity index (χ0v) is 15.5. The molecule has 1 saturated heterocycles. The molecule has 146 valence electrons. The largest absolute Gasteiger partial charge is 0.376 e. The smallest absolute Gasteiger partial charge is 0.322 e. The highest BCUT2D eigenvalue weighted by Gasteiger charge is 2.25. The molecule has 3 rings (SSSR count). The Balaban J connectivity index is 1.67. The molecule has 1 fully saturated rings. The zero-order chi connectivity index (χ0) is 19.9. The Labute approximate surface area is 162 Å². The maximum Gasteiger partial charge on any atom is 0.322 e. The van der Waals surface area contributed by atoms with E-state index >= 15 is 0 Å². The number of urea groups is 1. The Kier molecular flexibility index (Phi) is 6.24. The summed E-state index contributed by atoms with van der Waals surface area (Å²) in [6.07, 6.45) is 1.64. The summed E-state index contributed by atoms with van der Waals surface area (Å²) in [7, 11) is 0. The summed E-state index contributed by atoms with van der Waals surface area (Å²) in [6, 6.07) is 9.75. The average molecular weight is 383 g/mol. The fourth-order valence-corrected chi connectivity index (χ4v) is 2.90. The Morgan fingerprint density at radius 1 is 1.36 bits per heavy atom.